The van der Waals surface area contributed by atoms with Crippen LogP contribution in [0.5, 0.6) is 0 Å². The van der Waals surface area contributed by atoms with Crippen LogP contribution in [0.3, 0.4) is 0 Å². The lowest BCUT2D eigenvalue weighted by Gasteiger charge is -2.33. The molecule has 0 radical (unpaired) electrons. The van der Waals surface area contributed by atoms with Crippen molar-refractivity contribution in [3.8, 4) is 27.9 Å². The first-order valence-corrected chi connectivity index (χ1v) is 21.6. The molecule has 0 atom stereocenters. The first-order chi connectivity index (χ1) is 30.0. The Labute approximate surface area is 357 Å². The lowest BCUT2D eigenvalue weighted by atomic mass is 9.81. The van der Waals surface area contributed by atoms with E-state index < -0.39 is 0 Å². The molecule has 2 aliphatic rings. The molecule has 0 N–H and O–H groups in total. The third-order valence-corrected chi connectivity index (χ3v) is 13.5. The van der Waals surface area contributed by atoms with E-state index in [4.69, 9.17) is 0 Å². The van der Waals surface area contributed by atoms with Crippen LogP contribution in [0.25, 0.3) is 60.5 Å². The maximum atomic E-state index is 2.55. The van der Waals surface area contributed by atoms with Gasteiger partial charge in [-0.05, 0) is 128 Å². The molecule has 0 spiro atoms. The number of hydrogen-bond donors (Lipinski definition) is 0. The molecular weight excluding hydrogens is 739 g/mol. The van der Waals surface area contributed by atoms with E-state index in [9.17, 15) is 0 Å². The number of nitrogens with zero attached hydrogens (tertiary/aromatic N) is 3. The standard InChI is InChI=1S/C58H45N3/c1-58(2)53-26-13-11-24-50(53)57-51(47-25-15-18-40-32-33-59(38-52(40)47)42-19-5-3-6-20-42)35-46(36-54(57)58)60(44-29-28-39-16-9-10-17-41(39)34-44)45-30-31-49-48-23-12-14-27-55(48)61(56(49)37-45)43-21-7-4-8-22-43/h3-31,34-37H,32-33,38H2,1-2H3. The van der Waals surface area contributed by atoms with Crippen LogP contribution in [-0.2, 0) is 18.4 Å². The van der Waals surface area contributed by atoms with Crippen molar-refractivity contribution in [3.63, 3.8) is 0 Å². The third-order valence-electron chi connectivity index (χ3n) is 13.5. The molecule has 0 saturated heterocycles. The smallest absolute Gasteiger partial charge is 0.0561 e. The van der Waals surface area contributed by atoms with Gasteiger partial charge < -0.3 is 14.4 Å². The molecule has 3 heteroatoms. The molecule has 0 amide bonds. The minimum absolute atomic E-state index is 0.208. The van der Waals surface area contributed by atoms with Gasteiger partial charge in [-0.25, -0.2) is 0 Å². The molecule has 2 heterocycles. The molecular formula is C58H45N3. The van der Waals surface area contributed by atoms with Crippen molar-refractivity contribution in [1.82, 2.24) is 4.57 Å². The number of para-hydroxylation sites is 3. The molecule has 10 aromatic rings. The molecule has 61 heavy (non-hydrogen) atoms. The van der Waals surface area contributed by atoms with Gasteiger partial charge in [-0.15, -0.1) is 0 Å². The second-order valence-electron chi connectivity index (χ2n) is 17.3. The average Bonchev–Trinajstić information content (AvgIpc) is 3.77. The van der Waals surface area contributed by atoms with Crippen LogP contribution in [0.4, 0.5) is 22.7 Å². The number of rotatable bonds is 6. The molecule has 0 fully saturated rings. The summed E-state index contributed by atoms with van der Waals surface area (Å²) in [5.74, 6) is 0. The van der Waals surface area contributed by atoms with Crippen LogP contribution in [0.1, 0.15) is 36.1 Å². The van der Waals surface area contributed by atoms with Crippen molar-refractivity contribution in [2.75, 3.05) is 16.3 Å². The fourth-order valence-electron chi connectivity index (χ4n) is 10.6. The highest BCUT2D eigenvalue weighted by molar-refractivity contribution is 6.10. The van der Waals surface area contributed by atoms with Gasteiger partial charge in [0.05, 0.1) is 11.0 Å². The van der Waals surface area contributed by atoms with Gasteiger partial charge in [0.2, 0.25) is 0 Å². The fourth-order valence-corrected chi connectivity index (χ4v) is 10.6. The van der Waals surface area contributed by atoms with Gasteiger partial charge in [-0.2, -0.15) is 0 Å². The average molecular weight is 784 g/mol. The summed E-state index contributed by atoms with van der Waals surface area (Å²) >= 11 is 0. The van der Waals surface area contributed by atoms with Gasteiger partial charge in [0.15, 0.2) is 0 Å². The predicted octanol–water partition coefficient (Wildman–Crippen LogP) is 14.9. The summed E-state index contributed by atoms with van der Waals surface area (Å²) in [6, 6.07) is 74.4. The minimum Gasteiger partial charge on any atom is -0.367 e. The first kappa shape index (κ1) is 35.6. The first-order valence-electron chi connectivity index (χ1n) is 21.6. The summed E-state index contributed by atoms with van der Waals surface area (Å²) < 4.78 is 2.43. The Morgan fingerprint density at radius 2 is 1.13 bits per heavy atom. The van der Waals surface area contributed by atoms with Gasteiger partial charge in [0.1, 0.15) is 0 Å². The lowest BCUT2D eigenvalue weighted by Crippen LogP contribution is -2.30. The Morgan fingerprint density at radius 1 is 0.459 bits per heavy atom. The number of benzene rings is 9. The van der Waals surface area contributed by atoms with Crippen molar-refractivity contribution in [2.24, 2.45) is 0 Å². The van der Waals surface area contributed by atoms with Crippen molar-refractivity contribution in [1.29, 1.82) is 0 Å². The van der Waals surface area contributed by atoms with Crippen LogP contribution in [-0.4, -0.2) is 11.1 Å². The van der Waals surface area contributed by atoms with E-state index in [0.717, 1.165) is 42.3 Å². The monoisotopic (exact) mass is 783 g/mol. The zero-order chi connectivity index (χ0) is 40.7. The molecule has 0 saturated carbocycles. The quantitative estimate of drug-likeness (QED) is 0.166. The molecule has 1 aromatic heterocycles. The number of aromatic nitrogens is 1. The predicted molar refractivity (Wildman–Crippen MR) is 257 cm³/mol. The highest BCUT2D eigenvalue weighted by Crippen LogP contribution is 2.55. The van der Waals surface area contributed by atoms with Gasteiger partial charge in [-0.1, -0.05) is 147 Å². The third kappa shape index (κ3) is 5.64. The van der Waals surface area contributed by atoms with Gasteiger partial charge >= 0.3 is 0 Å². The van der Waals surface area contributed by atoms with E-state index in [1.54, 1.807) is 0 Å². The van der Waals surface area contributed by atoms with Gasteiger partial charge in [0.25, 0.3) is 0 Å². The number of fused-ring (bicyclic) bond motifs is 8. The molecule has 1 aliphatic carbocycles. The van der Waals surface area contributed by atoms with Crippen LogP contribution in [0.15, 0.2) is 200 Å². The second-order valence-corrected chi connectivity index (χ2v) is 17.3. The summed E-state index contributed by atoms with van der Waals surface area (Å²) in [6.07, 6.45) is 1.01. The van der Waals surface area contributed by atoms with E-state index in [0.29, 0.717) is 0 Å². The van der Waals surface area contributed by atoms with E-state index in [2.05, 4.69) is 228 Å². The molecule has 12 rings (SSSR count). The molecule has 1 aliphatic heterocycles. The van der Waals surface area contributed by atoms with Crippen molar-refractivity contribution in [2.45, 2.75) is 32.2 Å². The minimum atomic E-state index is -0.208. The summed E-state index contributed by atoms with van der Waals surface area (Å²) in [7, 11) is 0. The maximum absolute atomic E-state index is 2.55. The van der Waals surface area contributed by atoms with Gasteiger partial charge in [-0.3, -0.25) is 0 Å². The summed E-state index contributed by atoms with van der Waals surface area (Å²) in [4.78, 5) is 5.06. The Bertz CT molecular complexity index is 3320. The highest BCUT2D eigenvalue weighted by atomic mass is 15.1. The Kier molecular flexibility index (Phi) is 8.08. The highest BCUT2D eigenvalue weighted by Gasteiger charge is 2.38. The Hall–Kier alpha value is -7.36. The molecule has 0 unspecified atom stereocenters. The van der Waals surface area contributed by atoms with Crippen molar-refractivity contribution >= 4 is 55.3 Å². The van der Waals surface area contributed by atoms with Crippen LogP contribution < -0.4 is 9.80 Å². The van der Waals surface area contributed by atoms with E-state index in [-0.39, 0.29) is 5.41 Å². The second kappa shape index (κ2) is 13.9. The largest absolute Gasteiger partial charge is 0.367 e. The Balaban J connectivity index is 1.14. The number of hydrogen-bond acceptors (Lipinski definition) is 2. The van der Waals surface area contributed by atoms with Crippen molar-refractivity contribution < 1.29 is 0 Å². The molecule has 3 nitrogen and oxygen atoms in total. The topological polar surface area (TPSA) is 11.4 Å². The Morgan fingerprint density at radius 3 is 1.98 bits per heavy atom. The van der Waals surface area contributed by atoms with Crippen molar-refractivity contribution in [3.05, 3.63) is 222 Å². The SMILES string of the molecule is CC1(C)c2ccccc2-c2c(-c3cccc4c3CN(c3ccccc3)CC4)cc(N(c3ccc4ccccc4c3)c3ccc4c5ccccc5n(-c5ccccc5)c4c3)cc21. The summed E-state index contributed by atoms with van der Waals surface area (Å²) in [5.41, 5.74) is 18.9. The van der Waals surface area contributed by atoms with Gasteiger partial charge in [0, 0.05) is 57.7 Å². The van der Waals surface area contributed by atoms with Crippen LogP contribution in [0, 0.1) is 0 Å². The molecule has 9 aromatic carbocycles. The molecule has 0 bridgehead atoms. The zero-order valence-electron chi connectivity index (χ0n) is 34.5. The normalized spacial score (nSPS) is 14.0. The zero-order valence-corrected chi connectivity index (χ0v) is 34.5. The number of anilines is 4. The van der Waals surface area contributed by atoms with Crippen LogP contribution in [0.2, 0.25) is 0 Å². The molecule has 292 valence electrons. The fraction of sp³-hybridized carbons (Fsp3) is 0.103. The maximum Gasteiger partial charge on any atom is 0.0561 e. The van der Waals surface area contributed by atoms with E-state index >= 15 is 0 Å². The summed E-state index contributed by atoms with van der Waals surface area (Å²) in [5, 5.41) is 4.95. The lowest BCUT2D eigenvalue weighted by molar-refractivity contribution is 0.660. The van der Waals surface area contributed by atoms with E-state index in [1.165, 1.54) is 82.8 Å². The summed E-state index contributed by atoms with van der Waals surface area (Å²) in [6.45, 7) is 6.70. The van der Waals surface area contributed by atoms with E-state index in [1.807, 2.05) is 0 Å². The van der Waals surface area contributed by atoms with Crippen LogP contribution >= 0.6 is 0 Å².